The van der Waals surface area contributed by atoms with Crippen LogP contribution in [0.3, 0.4) is 0 Å². The van der Waals surface area contributed by atoms with Crippen molar-refractivity contribution in [3.63, 3.8) is 0 Å². The first kappa shape index (κ1) is 7.86. The Bertz CT molecular complexity index is 99.5. The van der Waals surface area contributed by atoms with Crippen LogP contribution < -0.4 is 0 Å². The Balaban J connectivity index is 3.91. The van der Waals surface area contributed by atoms with Crippen molar-refractivity contribution in [3.05, 3.63) is 0 Å². The lowest BCUT2D eigenvalue weighted by atomic mass is 10.2. The second-order valence-corrected chi connectivity index (χ2v) is 3.16. The molecule has 2 N–H and O–H groups in total. The van der Waals surface area contributed by atoms with Crippen molar-refractivity contribution < 1.29 is 15.0 Å². The lowest BCUT2D eigenvalue weighted by molar-refractivity contribution is -0.140. The molecule has 0 aromatic heterocycles. The van der Waals surface area contributed by atoms with Gasteiger partial charge >= 0.3 is 5.97 Å². The number of hydrogen-bond donors (Lipinski definition) is 2. The number of carboxylic acids is 1. The topological polar surface area (TPSA) is 57.5 Å². The highest BCUT2D eigenvalue weighted by Gasteiger charge is 2.25. The van der Waals surface area contributed by atoms with Crippen LogP contribution in [0.15, 0.2) is 0 Å². The standard InChI is InChI=1S/C4H9O3P/c1-4(8,2-5)3(6)7/h5H,2,8H2,1H3,(H,6,7). The van der Waals surface area contributed by atoms with Crippen molar-refractivity contribution >= 4 is 15.2 Å². The molecule has 0 radical (unpaired) electrons. The molecule has 2 atom stereocenters. The van der Waals surface area contributed by atoms with E-state index in [1.807, 2.05) is 0 Å². The molecule has 4 heteroatoms. The van der Waals surface area contributed by atoms with E-state index in [4.69, 9.17) is 10.2 Å². The minimum absolute atomic E-state index is 0.354. The Kier molecular flexibility index (Phi) is 2.38. The van der Waals surface area contributed by atoms with Crippen molar-refractivity contribution in [1.82, 2.24) is 0 Å². The lowest BCUT2D eigenvalue weighted by Crippen LogP contribution is -2.31. The van der Waals surface area contributed by atoms with Crippen LogP contribution in [0.5, 0.6) is 0 Å². The fraction of sp³-hybridized carbons (Fsp3) is 0.750. The second kappa shape index (κ2) is 2.42. The van der Waals surface area contributed by atoms with E-state index in [1.165, 1.54) is 6.92 Å². The summed E-state index contributed by atoms with van der Waals surface area (Å²) in [6.07, 6.45) is 0. The van der Waals surface area contributed by atoms with Gasteiger partial charge in [0.1, 0.15) is 5.16 Å². The summed E-state index contributed by atoms with van der Waals surface area (Å²) in [6, 6.07) is 0. The van der Waals surface area contributed by atoms with E-state index in [2.05, 4.69) is 9.24 Å². The van der Waals surface area contributed by atoms with Crippen molar-refractivity contribution in [2.24, 2.45) is 0 Å². The van der Waals surface area contributed by atoms with Crippen LogP contribution in [0.25, 0.3) is 0 Å². The molecule has 0 heterocycles. The van der Waals surface area contributed by atoms with Crippen LogP contribution in [0.4, 0.5) is 0 Å². The molecule has 0 aliphatic heterocycles. The normalized spacial score (nSPS) is 17.4. The predicted molar refractivity (Wildman–Crippen MR) is 32.8 cm³/mol. The molecule has 0 spiro atoms. The second-order valence-electron chi connectivity index (χ2n) is 1.88. The Morgan fingerprint density at radius 1 is 1.88 bits per heavy atom. The number of hydrogen-bond acceptors (Lipinski definition) is 2. The SMILES string of the molecule is CC(P)(CO)C(=O)O. The van der Waals surface area contributed by atoms with Gasteiger partial charge in [-0.25, -0.2) is 0 Å². The number of aliphatic hydroxyl groups excluding tert-OH is 1. The zero-order valence-corrected chi connectivity index (χ0v) is 5.74. The summed E-state index contributed by atoms with van der Waals surface area (Å²) in [5.41, 5.74) is 0. The van der Waals surface area contributed by atoms with Gasteiger partial charge in [0.05, 0.1) is 6.61 Å². The third-order valence-electron chi connectivity index (χ3n) is 0.817. The largest absolute Gasteiger partial charge is 0.481 e. The van der Waals surface area contributed by atoms with Gasteiger partial charge in [0.2, 0.25) is 0 Å². The first-order chi connectivity index (χ1) is 3.50. The summed E-state index contributed by atoms with van der Waals surface area (Å²) in [4.78, 5) is 10.1. The molecule has 0 fully saturated rings. The quantitative estimate of drug-likeness (QED) is 0.512. The van der Waals surface area contributed by atoms with Gasteiger partial charge in [-0.2, -0.15) is 0 Å². The van der Waals surface area contributed by atoms with E-state index in [0.717, 1.165) is 0 Å². The van der Waals surface area contributed by atoms with E-state index < -0.39 is 11.1 Å². The number of carboxylic acid groups (broad SMARTS) is 1. The van der Waals surface area contributed by atoms with Gasteiger partial charge in [-0.05, 0) is 6.92 Å². The zero-order valence-electron chi connectivity index (χ0n) is 4.59. The molecule has 0 aliphatic rings. The molecule has 3 nitrogen and oxygen atoms in total. The molecular weight excluding hydrogens is 127 g/mol. The molecule has 0 amide bonds. The average molecular weight is 136 g/mol. The van der Waals surface area contributed by atoms with Crippen LogP contribution in [-0.2, 0) is 4.79 Å². The average Bonchev–Trinajstić information content (AvgIpc) is 1.67. The van der Waals surface area contributed by atoms with Gasteiger partial charge in [0.15, 0.2) is 0 Å². The van der Waals surface area contributed by atoms with Gasteiger partial charge in [-0.15, -0.1) is 9.24 Å². The monoisotopic (exact) mass is 136 g/mol. The zero-order chi connectivity index (χ0) is 6.78. The molecule has 8 heavy (non-hydrogen) atoms. The van der Waals surface area contributed by atoms with Crippen LogP contribution in [0.2, 0.25) is 0 Å². The molecular formula is C4H9O3P. The van der Waals surface area contributed by atoms with Gasteiger partial charge in [-0.3, -0.25) is 4.79 Å². The molecule has 0 saturated heterocycles. The first-order valence-corrected chi connectivity index (χ1v) is 2.71. The van der Waals surface area contributed by atoms with Gasteiger partial charge in [0, 0.05) is 0 Å². The van der Waals surface area contributed by atoms with Crippen LogP contribution in [0, 0.1) is 0 Å². The summed E-state index contributed by atoms with van der Waals surface area (Å²) >= 11 is 0. The fourth-order valence-corrected chi connectivity index (χ4v) is 0.0676. The highest BCUT2D eigenvalue weighted by atomic mass is 31.0. The summed E-state index contributed by atoms with van der Waals surface area (Å²) in [5, 5.41) is 15.6. The van der Waals surface area contributed by atoms with Crippen molar-refractivity contribution in [2.75, 3.05) is 6.61 Å². The minimum atomic E-state index is -1.07. The van der Waals surface area contributed by atoms with Gasteiger partial charge < -0.3 is 10.2 Å². The molecule has 2 unspecified atom stereocenters. The van der Waals surface area contributed by atoms with Crippen LogP contribution in [-0.4, -0.2) is 27.9 Å². The molecule has 0 saturated carbocycles. The third-order valence-corrected chi connectivity index (χ3v) is 1.25. The molecule has 48 valence electrons. The number of aliphatic carboxylic acids is 1. The Hall–Kier alpha value is -0.140. The smallest absolute Gasteiger partial charge is 0.315 e. The predicted octanol–water partition coefficient (Wildman–Crippen LogP) is -0.303. The highest BCUT2D eigenvalue weighted by molar-refractivity contribution is 7.20. The van der Waals surface area contributed by atoms with E-state index in [0.29, 0.717) is 0 Å². The van der Waals surface area contributed by atoms with E-state index in [-0.39, 0.29) is 6.61 Å². The van der Waals surface area contributed by atoms with Gasteiger partial charge in [-0.1, -0.05) is 0 Å². The van der Waals surface area contributed by atoms with E-state index in [1.54, 1.807) is 0 Å². The Morgan fingerprint density at radius 2 is 2.25 bits per heavy atom. The summed E-state index contributed by atoms with van der Waals surface area (Å²) in [6.45, 7) is 1.08. The number of aliphatic hydroxyl groups is 1. The molecule has 0 aromatic rings. The summed E-state index contributed by atoms with van der Waals surface area (Å²) < 4.78 is 0. The number of rotatable bonds is 2. The molecule has 0 bridgehead atoms. The van der Waals surface area contributed by atoms with Gasteiger partial charge in [0.25, 0.3) is 0 Å². The first-order valence-electron chi connectivity index (χ1n) is 2.14. The Morgan fingerprint density at radius 3 is 2.25 bits per heavy atom. The minimum Gasteiger partial charge on any atom is -0.481 e. The maximum absolute atomic E-state index is 10.1. The fourth-order valence-electron chi connectivity index (χ4n) is 0.0676. The Labute approximate surface area is 49.9 Å². The maximum Gasteiger partial charge on any atom is 0.315 e. The van der Waals surface area contributed by atoms with Crippen LogP contribution in [0.1, 0.15) is 6.92 Å². The molecule has 0 aromatic carbocycles. The number of carbonyl (C=O) groups is 1. The lowest BCUT2D eigenvalue weighted by Gasteiger charge is -2.13. The van der Waals surface area contributed by atoms with Crippen molar-refractivity contribution in [3.8, 4) is 0 Å². The van der Waals surface area contributed by atoms with Crippen LogP contribution >= 0.6 is 9.24 Å². The third kappa shape index (κ3) is 1.76. The summed E-state index contributed by atoms with van der Waals surface area (Å²) in [5.74, 6) is -1.01. The maximum atomic E-state index is 10.1. The van der Waals surface area contributed by atoms with E-state index in [9.17, 15) is 4.79 Å². The van der Waals surface area contributed by atoms with Crippen molar-refractivity contribution in [1.29, 1.82) is 0 Å². The summed E-state index contributed by atoms with van der Waals surface area (Å²) in [7, 11) is 2.06. The molecule has 0 rings (SSSR count). The van der Waals surface area contributed by atoms with E-state index >= 15 is 0 Å². The molecule has 0 aliphatic carbocycles. The van der Waals surface area contributed by atoms with Crippen molar-refractivity contribution in [2.45, 2.75) is 12.1 Å². The highest BCUT2D eigenvalue weighted by Crippen LogP contribution is 2.15.